The minimum Gasteiger partial charge on any atom is -0.347 e. The minimum atomic E-state index is -0.414. The monoisotopic (exact) mass is 385 g/mol. The van der Waals surface area contributed by atoms with Crippen molar-refractivity contribution in [3.63, 3.8) is 0 Å². The van der Waals surface area contributed by atoms with Crippen LogP contribution in [0.5, 0.6) is 0 Å². The maximum Gasteiger partial charge on any atom is 0.241 e. The zero-order chi connectivity index (χ0) is 20.3. The highest BCUT2D eigenvalue weighted by atomic mass is 16.2. The number of carbonyl (C=O) groups excluding carboxylic acids is 1. The van der Waals surface area contributed by atoms with Gasteiger partial charge in [-0.2, -0.15) is 5.26 Å². The molecule has 2 aromatic carbocycles. The fourth-order valence-corrected chi connectivity index (χ4v) is 4.00. The number of aromatic nitrogens is 2. The summed E-state index contributed by atoms with van der Waals surface area (Å²) in [5, 5.41) is 9.05. The number of aromatic amines is 1. The van der Waals surface area contributed by atoms with E-state index in [0.29, 0.717) is 25.1 Å². The third kappa shape index (κ3) is 3.78. The summed E-state index contributed by atoms with van der Waals surface area (Å²) in [5.74, 6) is 0.0908. The molecular weight excluding hydrogens is 362 g/mol. The van der Waals surface area contributed by atoms with Crippen LogP contribution in [0.1, 0.15) is 23.7 Å². The van der Waals surface area contributed by atoms with E-state index in [-0.39, 0.29) is 5.91 Å². The number of benzene rings is 2. The molecule has 1 fully saturated rings. The number of hydrogen-bond acceptors (Lipinski definition) is 4. The number of piperazine rings is 1. The van der Waals surface area contributed by atoms with Gasteiger partial charge in [-0.25, -0.2) is 4.98 Å². The van der Waals surface area contributed by atoms with Crippen LogP contribution in [0.15, 0.2) is 67.1 Å². The number of carbonyl (C=O) groups is 1. The first kappa shape index (κ1) is 18.9. The average molecular weight is 385 g/mol. The van der Waals surface area contributed by atoms with Crippen LogP contribution in [0, 0.1) is 11.3 Å². The number of nitrogens with one attached hydrogen (secondary N) is 1. The van der Waals surface area contributed by atoms with Gasteiger partial charge in [0.1, 0.15) is 0 Å². The topological polar surface area (TPSA) is 76.0 Å². The van der Waals surface area contributed by atoms with Crippen molar-refractivity contribution in [3.8, 4) is 6.07 Å². The Morgan fingerprint density at radius 2 is 1.90 bits per heavy atom. The van der Waals surface area contributed by atoms with Crippen molar-refractivity contribution in [2.75, 3.05) is 24.5 Å². The summed E-state index contributed by atoms with van der Waals surface area (Å²) in [5.41, 5.74) is 3.25. The zero-order valence-electron chi connectivity index (χ0n) is 16.4. The molecule has 1 aliphatic heterocycles. The Hall–Kier alpha value is -3.43. The summed E-state index contributed by atoms with van der Waals surface area (Å²) in [6.07, 6.45) is 4.21. The van der Waals surface area contributed by atoms with E-state index in [4.69, 9.17) is 5.26 Å². The van der Waals surface area contributed by atoms with Gasteiger partial charge in [0.15, 0.2) is 0 Å². The fraction of sp³-hybridized carbons (Fsp3) is 0.261. The zero-order valence-corrected chi connectivity index (χ0v) is 16.4. The first-order valence-corrected chi connectivity index (χ1v) is 9.68. The number of imidazole rings is 1. The van der Waals surface area contributed by atoms with E-state index in [1.165, 1.54) is 0 Å². The number of H-pyrrole nitrogens is 1. The molecule has 6 nitrogen and oxygen atoms in total. The lowest BCUT2D eigenvalue weighted by atomic mass is 9.87. The van der Waals surface area contributed by atoms with Gasteiger partial charge in [-0.3, -0.25) is 9.69 Å². The Morgan fingerprint density at radius 1 is 1.14 bits per heavy atom. The summed E-state index contributed by atoms with van der Waals surface area (Å²) in [4.78, 5) is 24.5. The van der Waals surface area contributed by atoms with Gasteiger partial charge in [0, 0.05) is 25.0 Å². The maximum absolute atomic E-state index is 13.0. The van der Waals surface area contributed by atoms with E-state index < -0.39 is 5.54 Å². The summed E-state index contributed by atoms with van der Waals surface area (Å²) in [6.45, 7) is 3.87. The van der Waals surface area contributed by atoms with Gasteiger partial charge in [0.25, 0.3) is 0 Å². The van der Waals surface area contributed by atoms with Gasteiger partial charge >= 0.3 is 0 Å². The summed E-state index contributed by atoms with van der Waals surface area (Å²) in [6, 6.07) is 19.6. The third-order valence-corrected chi connectivity index (χ3v) is 5.70. The smallest absolute Gasteiger partial charge is 0.241 e. The Bertz CT molecular complexity index is 1010. The van der Waals surface area contributed by atoms with Crippen molar-refractivity contribution >= 4 is 11.6 Å². The Balaban J connectivity index is 1.59. The van der Waals surface area contributed by atoms with Gasteiger partial charge < -0.3 is 9.88 Å². The van der Waals surface area contributed by atoms with Crippen LogP contribution in [0.2, 0.25) is 0 Å². The van der Waals surface area contributed by atoms with Crippen molar-refractivity contribution in [2.24, 2.45) is 0 Å². The average Bonchev–Trinajstić information content (AvgIpc) is 3.30. The maximum atomic E-state index is 13.0. The highest BCUT2D eigenvalue weighted by molar-refractivity contribution is 5.95. The first-order chi connectivity index (χ1) is 14.1. The van der Waals surface area contributed by atoms with Crippen LogP contribution >= 0.6 is 0 Å². The van der Waals surface area contributed by atoms with E-state index in [2.05, 4.69) is 27.9 Å². The number of rotatable bonds is 5. The molecule has 1 saturated heterocycles. The molecule has 1 unspecified atom stereocenters. The molecule has 2 heterocycles. The molecule has 1 aromatic heterocycles. The molecule has 0 aliphatic carbocycles. The predicted octanol–water partition coefficient (Wildman–Crippen LogP) is 3.09. The largest absolute Gasteiger partial charge is 0.347 e. The lowest BCUT2D eigenvalue weighted by Crippen LogP contribution is -2.58. The van der Waals surface area contributed by atoms with Crippen LogP contribution in [-0.2, 0) is 16.8 Å². The molecule has 29 heavy (non-hydrogen) atoms. The van der Waals surface area contributed by atoms with Gasteiger partial charge in [0.2, 0.25) is 5.91 Å². The lowest BCUT2D eigenvalue weighted by molar-refractivity contribution is -0.123. The number of amides is 1. The molecule has 0 bridgehead atoms. The molecule has 6 heteroatoms. The van der Waals surface area contributed by atoms with Crippen molar-refractivity contribution in [1.82, 2.24) is 14.9 Å². The number of hydrogen-bond donors (Lipinski definition) is 1. The predicted molar refractivity (Wildman–Crippen MR) is 111 cm³/mol. The SMILES string of the molecule is CC(Cc1ccc(C#N)cc1)(c1cnc[nH]1)N1CCN(c2ccccc2)C(=O)C1. The van der Waals surface area contributed by atoms with Crippen LogP contribution in [0.25, 0.3) is 0 Å². The molecule has 1 aliphatic rings. The Labute approximate surface area is 170 Å². The highest BCUT2D eigenvalue weighted by Crippen LogP contribution is 2.33. The molecule has 1 amide bonds. The second-order valence-corrected chi connectivity index (χ2v) is 7.53. The van der Waals surface area contributed by atoms with Crippen LogP contribution in [0.4, 0.5) is 5.69 Å². The van der Waals surface area contributed by atoms with Gasteiger partial charge in [0.05, 0.1) is 35.7 Å². The van der Waals surface area contributed by atoms with Crippen LogP contribution in [0.3, 0.4) is 0 Å². The van der Waals surface area contributed by atoms with Gasteiger partial charge in [-0.05, 0) is 43.2 Å². The summed E-state index contributed by atoms with van der Waals surface area (Å²) < 4.78 is 0. The number of para-hydroxylation sites is 1. The number of anilines is 1. The number of nitrogens with zero attached hydrogens (tertiary/aromatic N) is 4. The second kappa shape index (κ2) is 7.90. The fourth-order valence-electron chi connectivity index (χ4n) is 4.00. The van der Waals surface area contributed by atoms with E-state index in [9.17, 15) is 4.79 Å². The second-order valence-electron chi connectivity index (χ2n) is 7.53. The normalized spacial score (nSPS) is 17.0. The van der Waals surface area contributed by atoms with E-state index in [1.807, 2.05) is 65.7 Å². The number of nitriles is 1. The van der Waals surface area contributed by atoms with Crippen LogP contribution in [-0.4, -0.2) is 40.4 Å². The quantitative estimate of drug-likeness (QED) is 0.732. The van der Waals surface area contributed by atoms with Crippen molar-refractivity contribution in [1.29, 1.82) is 5.26 Å². The van der Waals surface area contributed by atoms with Gasteiger partial charge in [-0.15, -0.1) is 0 Å². The lowest BCUT2D eigenvalue weighted by Gasteiger charge is -2.45. The molecule has 0 spiro atoms. The Morgan fingerprint density at radius 3 is 2.52 bits per heavy atom. The summed E-state index contributed by atoms with van der Waals surface area (Å²) in [7, 11) is 0. The molecule has 0 saturated carbocycles. The molecule has 146 valence electrons. The van der Waals surface area contributed by atoms with Crippen molar-refractivity contribution in [2.45, 2.75) is 18.9 Å². The highest BCUT2D eigenvalue weighted by Gasteiger charge is 2.39. The molecule has 3 aromatic rings. The van der Waals surface area contributed by atoms with E-state index in [1.54, 1.807) is 6.33 Å². The molecule has 0 radical (unpaired) electrons. The molecule has 1 N–H and O–H groups in total. The van der Waals surface area contributed by atoms with E-state index >= 15 is 0 Å². The first-order valence-electron chi connectivity index (χ1n) is 9.68. The summed E-state index contributed by atoms with van der Waals surface area (Å²) >= 11 is 0. The van der Waals surface area contributed by atoms with E-state index in [0.717, 1.165) is 23.5 Å². The van der Waals surface area contributed by atoms with Crippen molar-refractivity contribution < 1.29 is 4.79 Å². The minimum absolute atomic E-state index is 0.0908. The van der Waals surface area contributed by atoms with Gasteiger partial charge in [-0.1, -0.05) is 30.3 Å². The molecular formula is C23H23N5O. The molecule has 4 rings (SSSR count). The Kier molecular flexibility index (Phi) is 5.15. The van der Waals surface area contributed by atoms with Crippen LogP contribution < -0.4 is 4.90 Å². The molecule has 1 atom stereocenters. The third-order valence-electron chi connectivity index (χ3n) is 5.70. The van der Waals surface area contributed by atoms with Crippen molar-refractivity contribution in [3.05, 3.63) is 83.9 Å². The standard InChI is InChI=1S/C23H23N5O/c1-23(21-15-25-17-26-21,13-18-7-9-19(14-24)10-8-18)27-11-12-28(22(29)16-27)20-5-3-2-4-6-20/h2-10,15,17H,11-13,16H2,1H3,(H,25,26).